The van der Waals surface area contributed by atoms with Crippen LogP contribution in [0, 0.1) is 0 Å². The first-order valence-electron chi connectivity index (χ1n) is 9.44. The number of carbonyl (C=O) groups excluding carboxylic acids is 2. The molecule has 7 heteroatoms. The average Bonchev–Trinajstić information content (AvgIpc) is 2.72. The minimum absolute atomic E-state index is 0.123. The molecule has 3 rings (SSSR count). The summed E-state index contributed by atoms with van der Waals surface area (Å²) in [4.78, 5) is 24.4. The minimum Gasteiger partial charge on any atom is -0.348 e. The molecule has 0 spiro atoms. The molecule has 0 aliphatic heterocycles. The molecule has 0 saturated heterocycles. The molecule has 3 aromatic rings. The summed E-state index contributed by atoms with van der Waals surface area (Å²) >= 11 is 0. The van der Waals surface area contributed by atoms with Gasteiger partial charge in [0.1, 0.15) is 0 Å². The van der Waals surface area contributed by atoms with E-state index in [-0.39, 0.29) is 18.9 Å². The van der Waals surface area contributed by atoms with Crippen LogP contribution in [0.5, 0.6) is 0 Å². The molecule has 2 amide bonds. The molecular formula is C23H21F3N2O2. The lowest BCUT2D eigenvalue weighted by atomic mass is 10.0. The standard InChI is InChI=1S/C23H21F3N2O2/c1-15(17-8-5-10-19(12-17)23(24,25)26)28-22(30)14-27-21(29)13-18-9-4-7-16-6-2-3-11-20(16)18/h2-12,15H,13-14H2,1H3,(H,27,29)(H,28,30)/t15-/m1/s1. The van der Waals surface area contributed by atoms with Crippen LogP contribution >= 0.6 is 0 Å². The predicted molar refractivity (Wildman–Crippen MR) is 109 cm³/mol. The number of halogens is 3. The Morgan fingerprint density at radius 3 is 2.40 bits per heavy atom. The molecule has 0 aromatic heterocycles. The van der Waals surface area contributed by atoms with Gasteiger partial charge >= 0.3 is 6.18 Å². The van der Waals surface area contributed by atoms with E-state index >= 15 is 0 Å². The molecule has 4 nitrogen and oxygen atoms in total. The minimum atomic E-state index is -4.45. The molecule has 0 aliphatic rings. The molecule has 0 bridgehead atoms. The third-order valence-electron chi connectivity index (χ3n) is 4.77. The first kappa shape index (κ1) is 21.4. The summed E-state index contributed by atoms with van der Waals surface area (Å²) in [5, 5.41) is 7.15. The lowest BCUT2D eigenvalue weighted by molar-refractivity contribution is -0.137. The molecule has 0 saturated carbocycles. The number of rotatable bonds is 6. The van der Waals surface area contributed by atoms with Crippen molar-refractivity contribution in [2.24, 2.45) is 0 Å². The van der Waals surface area contributed by atoms with Crippen molar-refractivity contribution in [3.63, 3.8) is 0 Å². The summed E-state index contributed by atoms with van der Waals surface area (Å²) in [5.41, 5.74) is 0.410. The van der Waals surface area contributed by atoms with Gasteiger partial charge in [0.2, 0.25) is 11.8 Å². The van der Waals surface area contributed by atoms with Gasteiger partial charge < -0.3 is 10.6 Å². The summed E-state index contributed by atoms with van der Waals surface area (Å²) in [7, 11) is 0. The van der Waals surface area contributed by atoms with Crippen LogP contribution in [0.25, 0.3) is 10.8 Å². The zero-order chi connectivity index (χ0) is 21.7. The topological polar surface area (TPSA) is 58.2 Å². The predicted octanol–water partition coefficient (Wildman–Crippen LogP) is 4.39. The number of carbonyl (C=O) groups is 2. The van der Waals surface area contributed by atoms with Gasteiger partial charge in [-0.1, -0.05) is 54.6 Å². The van der Waals surface area contributed by atoms with Gasteiger partial charge in [-0.25, -0.2) is 0 Å². The summed E-state index contributed by atoms with van der Waals surface area (Å²) in [6.07, 6.45) is -4.33. The fourth-order valence-corrected chi connectivity index (χ4v) is 3.22. The van der Waals surface area contributed by atoms with E-state index in [9.17, 15) is 22.8 Å². The van der Waals surface area contributed by atoms with E-state index in [4.69, 9.17) is 0 Å². The molecular weight excluding hydrogens is 393 g/mol. The molecule has 0 radical (unpaired) electrons. The molecule has 30 heavy (non-hydrogen) atoms. The fraction of sp³-hybridized carbons (Fsp3) is 0.217. The molecule has 3 aromatic carbocycles. The first-order valence-corrected chi connectivity index (χ1v) is 9.44. The van der Waals surface area contributed by atoms with Crippen LogP contribution in [0.4, 0.5) is 13.2 Å². The highest BCUT2D eigenvalue weighted by Crippen LogP contribution is 2.30. The highest BCUT2D eigenvalue weighted by Gasteiger charge is 2.30. The van der Waals surface area contributed by atoms with Crippen molar-refractivity contribution in [3.05, 3.63) is 83.4 Å². The molecule has 1 atom stereocenters. The number of nitrogens with one attached hydrogen (secondary N) is 2. The smallest absolute Gasteiger partial charge is 0.348 e. The van der Waals surface area contributed by atoms with Crippen LogP contribution in [-0.2, 0) is 22.2 Å². The fourth-order valence-electron chi connectivity index (χ4n) is 3.22. The number of hydrogen-bond acceptors (Lipinski definition) is 2. The van der Waals surface area contributed by atoms with Crippen LogP contribution in [0.3, 0.4) is 0 Å². The maximum Gasteiger partial charge on any atom is 0.416 e. The highest BCUT2D eigenvalue weighted by molar-refractivity contribution is 5.91. The zero-order valence-corrected chi connectivity index (χ0v) is 16.3. The Bertz CT molecular complexity index is 1060. The second-order valence-corrected chi connectivity index (χ2v) is 7.00. The Kier molecular flexibility index (Phi) is 6.40. The summed E-state index contributed by atoms with van der Waals surface area (Å²) < 4.78 is 38.5. The van der Waals surface area contributed by atoms with E-state index < -0.39 is 23.7 Å². The number of alkyl halides is 3. The zero-order valence-electron chi connectivity index (χ0n) is 16.3. The molecule has 156 valence electrons. The third kappa shape index (κ3) is 5.37. The van der Waals surface area contributed by atoms with Crippen molar-refractivity contribution in [2.45, 2.75) is 25.6 Å². The van der Waals surface area contributed by atoms with Crippen molar-refractivity contribution in [1.29, 1.82) is 0 Å². The Morgan fingerprint density at radius 1 is 0.933 bits per heavy atom. The number of hydrogen-bond donors (Lipinski definition) is 2. The number of fused-ring (bicyclic) bond motifs is 1. The van der Waals surface area contributed by atoms with Gasteiger partial charge in [-0.3, -0.25) is 9.59 Å². The van der Waals surface area contributed by atoms with Crippen molar-refractivity contribution in [3.8, 4) is 0 Å². The number of benzene rings is 3. The van der Waals surface area contributed by atoms with Crippen molar-refractivity contribution in [2.75, 3.05) is 6.54 Å². The summed E-state index contributed by atoms with van der Waals surface area (Å²) in [6, 6.07) is 17.6. The van der Waals surface area contributed by atoms with Crippen molar-refractivity contribution >= 4 is 22.6 Å². The van der Waals surface area contributed by atoms with Crippen LogP contribution in [-0.4, -0.2) is 18.4 Å². The van der Waals surface area contributed by atoms with E-state index in [1.807, 2.05) is 42.5 Å². The Morgan fingerprint density at radius 2 is 1.63 bits per heavy atom. The summed E-state index contributed by atoms with van der Waals surface area (Å²) in [6.45, 7) is 1.33. The van der Waals surface area contributed by atoms with E-state index in [2.05, 4.69) is 10.6 Å². The highest BCUT2D eigenvalue weighted by atomic mass is 19.4. The average molecular weight is 414 g/mol. The molecule has 0 fully saturated rings. The van der Waals surface area contributed by atoms with E-state index in [0.717, 1.165) is 28.5 Å². The number of amides is 2. The molecule has 0 heterocycles. The van der Waals surface area contributed by atoms with E-state index in [1.54, 1.807) is 6.92 Å². The molecule has 0 unspecified atom stereocenters. The lowest BCUT2D eigenvalue weighted by Crippen LogP contribution is -2.38. The molecule has 2 N–H and O–H groups in total. The van der Waals surface area contributed by atoms with Crippen LogP contribution in [0.2, 0.25) is 0 Å². The van der Waals surface area contributed by atoms with Crippen LogP contribution in [0.15, 0.2) is 66.7 Å². The molecule has 0 aliphatic carbocycles. The Labute approximate surface area is 172 Å². The SMILES string of the molecule is C[C@@H](NC(=O)CNC(=O)Cc1cccc2ccccc12)c1cccc(C(F)(F)F)c1. The monoisotopic (exact) mass is 414 g/mol. The largest absolute Gasteiger partial charge is 0.416 e. The first-order chi connectivity index (χ1) is 14.2. The van der Waals surface area contributed by atoms with Gasteiger partial charge in [-0.2, -0.15) is 13.2 Å². The van der Waals surface area contributed by atoms with E-state index in [0.29, 0.717) is 5.56 Å². The van der Waals surface area contributed by atoms with Gasteiger partial charge in [-0.15, -0.1) is 0 Å². The maximum absolute atomic E-state index is 12.8. The van der Waals surface area contributed by atoms with Crippen molar-refractivity contribution < 1.29 is 22.8 Å². The van der Waals surface area contributed by atoms with Crippen molar-refractivity contribution in [1.82, 2.24) is 10.6 Å². The second-order valence-electron chi connectivity index (χ2n) is 7.00. The quantitative estimate of drug-likeness (QED) is 0.628. The maximum atomic E-state index is 12.8. The normalized spacial score (nSPS) is 12.4. The summed E-state index contributed by atoms with van der Waals surface area (Å²) in [5.74, 6) is -0.792. The van der Waals surface area contributed by atoms with E-state index in [1.165, 1.54) is 12.1 Å². The van der Waals surface area contributed by atoms with Crippen LogP contribution < -0.4 is 10.6 Å². The Hall–Kier alpha value is -3.35. The van der Waals surface area contributed by atoms with Gasteiger partial charge in [0, 0.05) is 0 Å². The van der Waals surface area contributed by atoms with Gasteiger partial charge in [-0.05, 0) is 41.0 Å². The van der Waals surface area contributed by atoms with Gasteiger partial charge in [0.25, 0.3) is 0 Å². The third-order valence-corrected chi connectivity index (χ3v) is 4.77. The van der Waals surface area contributed by atoms with Gasteiger partial charge in [0.15, 0.2) is 0 Å². The Balaban J connectivity index is 1.55. The lowest BCUT2D eigenvalue weighted by Gasteiger charge is -2.16. The van der Waals surface area contributed by atoms with Crippen LogP contribution in [0.1, 0.15) is 29.7 Å². The second kappa shape index (κ2) is 8.98. The van der Waals surface area contributed by atoms with Gasteiger partial charge in [0.05, 0.1) is 24.6 Å².